The number of unbranched alkanes of at least 4 members (excludes halogenated alkanes) is 1. The number of aromatic amines is 1. The third-order valence-corrected chi connectivity index (χ3v) is 6.64. The van der Waals surface area contributed by atoms with Gasteiger partial charge in [0.1, 0.15) is 0 Å². The molecule has 0 saturated heterocycles. The number of hydrogen-bond donors (Lipinski definition) is 2. The molecule has 3 aromatic carbocycles. The highest BCUT2D eigenvalue weighted by molar-refractivity contribution is 6.00. The summed E-state index contributed by atoms with van der Waals surface area (Å²) in [4.78, 5) is 43.7. The van der Waals surface area contributed by atoms with Gasteiger partial charge in [-0.25, -0.2) is 9.59 Å². The zero-order valence-corrected chi connectivity index (χ0v) is 22.8. The molecule has 0 aliphatic carbocycles. The molecule has 1 atom stereocenters. The molecule has 0 fully saturated rings. The molecule has 0 amide bonds. The van der Waals surface area contributed by atoms with Crippen LogP contribution in [0.3, 0.4) is 0 Å². The molecule has 13 nitrogen and oxygen atoms in total. The quantitative estimate of drug-likeness (QED) is 0.0992. The monoisotopic (exact) mass is 575 g/mol. The van der Waals surface area contributed by atoms with Gasteiger partial charge in [0.2, 0.25) is 6.35 Å². The van der Waals surface area contributed by atoms with Gasteiger partial charge in [-0.1, -0.05) is 59.8 Å². The molecular weight excluding hydrogens is 546 g/mol. The maximum Gasteiger partial charge on any atom is 0.439 e. The van der Waals surface area contributed by atoms with E-state index in [1.54, 1.807) is 12.1 Å². The van der Waals surface area contributed by atoms with Gasteiger partial charge in [-0.15, -0.1) is 10.1 Å². The third-order valence-electron chi connectivity index (χ3n) is 6.64. The second-order valence-corrected chi connectivity index (χ2v) is 9.37. The smallest absolute Gasteiger partial charge is 0.439 e. The first kappa shape index (κ1) is 28.4. The highest BCUT2D eigenvalue weighted by Crippen LogP contribution is 2.40. The van der Waals surface area contributed by atoms with Crippen molar-refractivity contribution in [2.24, 2.45) is 0 Å². The molecule has 0 radical (unpaired) electrons. The number of H-pyrrole nitrogens is 1. The second-order valence-electron chi connectivity index (χ2n) is 9.37. The van der Waals surface area contributed by atoms with Gasteiger partial charge >= 0.3 is 11.7 Å². The SMILES string of the molecule is CCOC1Nc2cccc(C(=O)OCCCCO[N+](=O)[O-])c2N1Cc1ccc(-c2ccccc2-c2noc(=O)[nH]2)cc1. The largest absolute Gasteiger partial charge is 0.462 e. The molecule has 1 aliphatic rings. The first-order valence-corrected chi connectivity index (χ1v) is 13.4. The maximum atomic E-state index is 13.1. The van der Waals surface area contributed by atoms with E-state index < -0.39 is 23.2 Å². The molecule has 0 bridgehead atoms. The second kappa shape index (κ2) is 13.0. The minimum absolute atomic E-state index is 0.0525. The van der Waals surface area contributed by atoms with E-state index in [0.717, 1.165) is 27.9 Å². The van der Waals surface area contributed by atoms with Gasteiger partial charge in [0.25, 0.3) is 5.09 Å². The molecular formula is C29H29N5O8. The summed E-state index contributed by atoms with van der Waals surface area (Å²) in [7, 11) is 0. The Morgan fingerprint density at radius 2 is 1.81 bits per heavy atom. The Bertz CT molecular complexity index is 1600. The summed E-state index contributed by atoms with van der Waals surface area (Å²) in [5.41, 5.74) is 5.31. The summed E-state index contributed by atoms with van der Waals surface area (Å²) >= 11 is 0. The lowest BCUT2D eigenvalue weighted by Crippen LogP contribution is -2.38. The Balaban J connectivity index is 1.34. The van der Waals surface area contributed by atoms with E-state index in [9.17, 15) is 19.7 Å². The highest BCUT2D eigenvalue weighted by atomic mass is 16.9. The zero-order chi connectivity index (χ0) is 29.5. The number of nitrogens with one attached hydrogen (secondary N) is 2. The van der Waals surface area contributed by atoms with E-state index >= 15 is 0 Å². The number of fused-ring (bicyclic) bond motifs is 1. The number of benzene rings is 3. The van der Waals surface area contributed by atoms with Crippen LogP contribution < -0.4 is 16.0 Å². The van der Waals surface area contributed by atoms with Crippen LogP contribution in [0.5, 0.6) is 0 Å². The molecule has 4 aromatic rings. The molecule has 5 rings (SSSR count). The summed E-state index contributed by atoms with van der Waals surface area (Å²) in [5.74, 6) is -0.767. The van der Waals surface area contributed by atoms with Crippen molar-refractivity contribution in [3.8, 4) is 22.5 Å². The Morgan fingerprint density at radius 1 is 1.05 bits per heavy atom. The predicted molar refractivity (Wildman–Crippen MR) is 152 cm³/mol. The van der Waals surface area contributed by atoms with Crippen LogP contribution >= 0.6 is 0 Å². The average Bonchev–Trinajstić information content (AvgIpc) is 3.58. The Labute approximate surface area is 240 Å². The van der Waals surface area contributed by atoms with Crippen LogP contribution in [0.4, 0.5) is 11.4 Å². The van der Waals surface area contributed by atoms with Crippen molar-refractivity contribution in [3.63, 3.8) is 0 Å². The van der Waals surface area contributed by atoms with Gasteiger partial charge in [0.15, 0.2) is 5.82 Å². The Kier molecular flexibility index (Phi) is 8.78. The normalized spacial score (nSPS) is 13.8. The minimum Gasteiger partial charge on any atom is -0.462 e. The van der Waals surface area contributed by atoms with Crippen molar-refractivity contribution in [3.05, 3.63) is 98.5 Å². The highest BCUT2D eigenvalue weighted by Gasteiger charge is 2.33. The third kappa shape index (κ3) is 6.41. The molecule has 1 unspecified atom stereocenters. The van der Waals surface area contributed by atoms with Crippen molar-refractivity contribution < 1.29 is 28.7 Å². The number of hydrogen-bond acceptors (Lipinski definition) is 11. The van der Waals surface area contributed by atoms with Gasteiger partial charge in [-0.3, -0.25) is 9.51 Å². The fourth-order valence-corrected chi connectivity index (χ4v) is 4.77. The number of rotatable bonds is 13. The lowest BCUT2D eigenvalue weighted by Gasteiger charge is -2.27. The summed E-state index contributed by atoms with van der Waals surface area (Å²) in [6, 6.07) is 20.9. The standard InChI is InChI=1S/C29H29N5O8/c1-2-39-28-30-24-11-7-10-23(27(35)40-16-5-6-17-41-34(37)38)25(24)33(28)18-19-12-14-20(15-13-19)21-8-3-4-9-22(21)26-31-29(36)42-32-26/h3-4,7-15,28,30H,2,5-6,16-18H2,1H3,(H,31,32,36). The number of carbonyl (C=O) groups is 1. The molecule has 1 aliphatic heterocycles. The molecule has 13 heteroatoms. The van der Waals surface area contributed by atoms with Gasteiger partial charge in [-0.2, -0.15) is 0 Å². The van der Waals surface area contributed by atoms with E-state index in [1.165, 1.54) is 0 Å². The number of ether oxygens (including phenoxy) is 2. The number of aromatic nitrogens is 2. The Morgan fingerprint density at radius 3 is 2.52 bits per heavy atom. The van der Waals surface area contributed by atoms with E-state index in [1.807, 2.05) is 66.4 Å². The zero-order valence-electron chi connectivity index (χ0n) is 22.8. The number of nitrogens with zero attached hydrogens (tertiary/aromatic N) is 3. The van der Waals surface area contributed by atoms with Crippen LogP contribution in [0.25, 0.3) is 22.5 Å². The maximum absolute atomic E-state index is 13.1. The van der Waals surface area contributed by atoms with Crippen molar-refractivity contribution in [2.75, 3.05) is 30.0 Å². The summed E-state index contributed by atoms with van der Waals surface area (Å²) in [5, 5.41) is 16.6. The first-order chi connectivity index (χ1) is 20.4. The predicted octanol–water partition coefficient (Wildman–Crippen LogP) is 4.59. The molecule has 42 heavy (non-hydrogen) atoms. The lowest BCUT2D eigenvalue weighted by atomic mass is 9.98. The molecule has 2 heterocycles. The van der Waals surface area contributed by atoms with Crippen molar-refractivity contribution in [1.82, 2.24) is 10.1 Å². The molecule has 0 saturated carbocycles. The van der Waals surface area contributed by atoms with Crippen molar-refractivity contribution in [2.45, 2.75) is 32.7 Å². The van der Waals surface area contributed by atoms with Crippen LogP contribution in [0, 0.1) is 10.1 Å². The Hall–Kier alpha value is -5.17. The summed E-state index contributed by atoms with van der Waals surface area (Å²) < 4.78 is 16.1. The van der Waals surface area contributed by atoms with Crippen molar-refractivity contribution in [1.29, 1.82) is 0 Å². The number of para-hydroxylation sites is 1. The first-order valence-electron chi connectivity index (χ1n) is 13.4. The number of carbonyl (C=O) groups excluding carboxylic acids is 1. The molecule has 0 spiro atoms. The topological polar surface area (TPSA) is 162 Å². The number of esters is 1. The van der Waals surface area contributed by atoms with E-state index in [4.69, 9.17) is 9.47 Å². The van der Waals surface area contributed by atoms with E-state index in [0.29, 0.717) is 43.1 Å². The summed E-state index contributed by atoms with van der Waals surface area (Å²) in [6.45, 7) is 2.84. The summed E-state index contributed by atoms with van der Waals surface area (Å²) in [6.07, 6.45) is 0.320. The van der Waals surface area contributed by atoms with Crippen LogP contribution in [0.1, 0.15) is 35.7 Å². The van der Waals surface area contributed by atoms with Crippen LogP contribution in [-0.2, 0) is 20.9 Å². The van der Waals surface area contributed by atoms with Gasteiger partial charge in [0.05, 0.1) is 30.2 Å². The lowest BCUT2D eigenvalue weighted by molar-refractivity contribution is -0.757. The average molecular weight is 576 g/mol. The molecule has 218 valence electrons. The molecule has 2 N–H and O–H groups in total. The van der Waals surface area contributed by atoms with Crippen LogP contribution in [-0.4, -0.2) is 47.4 Å². The van der Waals surface area contributed by atoms with Gasteiger partial charge in [-0.05, 0) is 48.6 Å². The minimum atomic E-state index is -0.843. The number of anilines is 2. The van der Waals surface area contributed by atoms with Gasteiger partial charge < -0.3 is 24.5 Å². The van der Waals surface area contributed by atoms with E-state index in [2.05, 4.69) is 24.8 Å². The van der Waals surface area contributed by atoms with Crippen LogP contribution in [0.15, 0.2) is 76.0 Å². The molecule has 1 aromatic heterocycles. The van der Waals surface area contributed by atoms with Gasteiger partial charge in [0, 0.05) is 18.7 Å². The fourth-order valence-electron chi connectivity index (χ4n) is 4.77. The fraction of sp³-hybridized carbons (Fsp3) is 0.276. The van der Waals surface area contributed by atoms with Crippen LogP contribution in [0.2, 0.25) is 0 Å². The van der Waals surface area contributed by atoms with E-state index in [-0.39, 0.29) is 13.2 Å². The van der Waals surface area contributed by atoms with Crippen molar-refractivity contribution >= 4 is 17.3 Å².